The van der Waals surface area contributed by atoms with Crippen molar-refractivity contribution < 1.29 is 5.11 Å². The molecule has 84 valence electrons. The first-order valence-corrected chi connectivity index (χ1v) is 5.64. The van der Waals surface area contributed by atoms with Crippen LogP contribution in [0.5, 0.6) is 0 Å². The van der Waals surface area contributed by atoms with Crippen LogP contribution in [0.2, 0.25) is 0 Å². The molecule has 0 saturated heterocycles. The minimum absolute atomic E-state index is 0.533. The van der Waals surface area contributed by atoms with Crippen LogP contribution in [0.1, 0.15) is 18.7 Å². The second-order valence-electron chi connectivity index (χ2n) is 3.42. The summed E-state index contributed by atoms with van der Waals surface area (Å²) >= 11 is 1.49. The molecule has 0 aliphatic rings. The highest BCUT2D eigenvalue weighted by molar-refractivity contribution is 7.99. The Morgan fingerprint density at radius 2 is 2.25 bits per heavy atom. The van der Waals surface area contributed by atoms with Gasteiger partial charge in [-0.05, 0) is 30.8 Å². The Balaban J connectivity index is 2.14. The number of aliphatic hydroxyl groups is 1. The smallest absolute Gasteiger partial charge is 0.195 e. The largest absolute Gasteiger partial charge is 0.387 e. The molecule has 2 aromatic heterocycles. The van der Waals surface area contributed by atoms with E-state index in [0.717, 1.165) is 10.1 Å². The summed E-state index contributed by atoms with van der Waals surface area (Å²) in [6.07, 6.45) is 2.84. The van der Waals surface area contributed by atoms with E-state index in [1.165, 1.54) is 11.8 Å². The van der Waals surface area contributed by atoms with Crippen LogP contribution in [0.25, 0.3) is 0 Å². The molecule has 1 unspecified atom stereocenters. The average Bonchev–Trinajstić information content (AvgIpc) is 2.65. The number of hydrogen-bond donors (Lipinski definition) is 1. The standard InChI is InChI=1S/C10H12N4OS/c1-7(15)9-4-3-8(5-11-9)16-10-13-12-6-14(10)2/h3-7,15H,1-2H3. The predicted octanol–water partition coefficient (Wildman–Crippen LogP) is 1.41. The molecule has 0 aromatic carbocycles. The molecular weight excluding hydrogens is 224 g/mol. The molecule has 2 rings (SSSR count). The number of hydrogen-bond acceptors (Lipinski definition) is 5. The normalized spacial score (nSPS) is 12.7. The molecular formula is C10H12N4OS. The van der Waals surface area contributed by atoms with Gasteiger partial charge in [0.05, 0.1) is 11.8 Å². The first-order chi connectivity index (χ1) is 7.66. The summed E-state index contributed by atoms with van der Waals surface area (Å²) in [5.74, 6) is 0. The molecule has 2 heterocycles. The van der Waals surface area contributed by atoms with Crippen LogP contribution in [-0.4, -0.2) is 24.9 Å². The number of aryl methyl sites for hydroxylation is 1. The lowest BCUT2D eigenvalue weighted by atomic mass is 10.2. The van der Waals surface area contributed by atoms with E-state index in [-0.39, 0.29) is 0 Å². The molecule has 0 radical (unpaired) electrons. The van der Waals surface area contributed by atoms with E-state index in [1.54, 1.807) is 19.4 Å². The van der Waals surface area contributed by atoms with Gasteiger partial charge in [-0.2, -0.15) is 0 Å². The van der Waals surface area contributed by atoms with Crippen LogP contribution < -0.4 is 0 Å². The Morgan fingerprint density at radius 1 is 1.44 bits per heavy atom. The van der Waals surface area contributed by atoms with Gasteiger partial charge in [-0.15, -0.1) is 10.2 Å². The van der Waals surface area contributed by atoms with E-state index in [0.29, 0.717) is 5.69 Å². The average molecular weight is 236 g/mol. The highest BCUT2D eigenvalue weighted by Crippen LogP contribution is 2.25. The maximum atomic E-state index is 9.32. The summed E-state index contributed by atoms with van der Waals surface area (Å²) in [6, 6.07) is 3.72. The van der Waals surface area contributed by atoms with Crippen molar-refractivity contribution in [1.29, 1.82) is 0 Å². The molecule has 0 amide bonds. The second kappa shape index (κ2) is 4.63. The highest BCUT2D eigenvalue weighted by Gasteiger charge is 2.05. The molecule has 1 atom stereocenters. The fourth-order valence-electron chi connectivity index (χ4n) is 1.17. The number of pyridine rings is 1. The van der Waals surface area contributed by atoms with Gasteiger partial charge in [0.25, 0.3) is 0 Å². The van der Waals surface area contributed by atoms with Gasteiger partial charge in [0.2, 0.25) is 0 Å². The number of aromatic nitrogens is 4. The highest BCUT2D eigenvalue weighted by atomic mass is 32.2. The number of aliphatic hydroxyl groups excluding tert-OH is 1. The number of nitrogens with zero attached hydrogens (tertiary/aromatic N) is 4. The molecule has 0 bridgehead atoms. The molecule has 0 spiro atoms. The Hall–Kier alpha value is -1.40. The summed E-state index contributed by atoms with van der Waals surface area (Å²) < 4.78 is 1.84. The Morgan fingerprint density at radius 3 is 2.75 bits per heavy atom. The van der Waals surface area contributed by atoms with Crippen LogP contribution in [0.3, 0.4) is 0 Å². The van der Waals surface area contributed by atoms with Gasteiger partial charge in [-0.25, -0.2) is 0 Å². The first-order valence-electron chi connectivity index (χ1n) is 4.82. The molecule has 1 N–H and O–H groups in total. The van der Waals surface area contributed by atoms with Crippen molar-refractivity contribution in [2.24, 2.45) is 7.05 Å². The van der Waals surface area contributed by atoms with Crippen LogP contribution >= 0.6 is 11.8 Å². The molecule has 0 fully saturated rings. The third-order valence-electron chi connectivity index (χ3n) is 2.07. The summed E-state index contributed by atoms with van der Waals surface area (Å²) in [5.41, 5.74) is 0.669. The molecule has 5 nitrogen and oxygen atoms in total. The molecule has 16 heavy (non-hydrogen) atoms. The van der Waals surface area contributed by atoms with E-state index < -0.39 is 6.10 Å². The summed E-state index contributed by atoms with van der Waals surface area (Å²) in [5, 5.41) is 17.9. The first kappa shape index (κ1) is 11.1. The van der Waals surface area contributed by atoms with Crippen molar-refractivity contribution in [2.75, 3.05) is 0 Å². The molecule has 0 saturated carbocycles. The minimum Gasteiger partial charge on any atom is -0.387 e. The second-order valence-corrected chi connectivity index (χ2v) is 4.46. The lowest BCUT2D eigenvalue weighted by Crippen LogP contribution is -1.94. The van der Waals surface area contributed by atoms with E-state index in [4.69, 9.17) is 0 Å². The quantitative estimate of drug-likeness (QED) is 0.873. The van der Waals surface area contributed by atoms with E-state index in [1.807, 2.05) is 23.7 Å². The maximum Gasteiger partial charge on any atom is 0.195 e. The SMILES string of the molecule is CC(O)c1ccc(Sc2nncn2C)cn1. The van der Waals surface area contributed by atoms with E-state index >= 15 is 0 Å². The molecule has 6 heteroatoms. The van der Waals surface area contributed by atoms with Gasteiger partial charge in [0, 0.05) is 18.1 Å². The zero-order chi connectivity index (χ0) is 11.5. The number of rotatable bonds is 3. The molecule has 2 aromatic rings. The minimum atomic E-state index is -0.533. The monoisotopic (exact) mass is 236 g/mol. The van der Waals surface area contributed by atoms with Gasteiger partial charge in [0.1, 0.15) is 6.33 Å². The Labute approximate surface area is 97.5 Å². The van der Waals surface area contributed by atoms with Gasteiger partial charge in [0.15, 0.2) is 5.16 Å². The van der Waals surface area contributed by atoms with Crippen molar-refractivity contribution in [1.82, 2.24) is 19.7 Å². The maximum absolute atomic E-state index is 9.32. The third-order valence-corrected chi connectivity index (χ3v) is 3.10. The third kappa shape index (κ3) is 2.40. The lowest BCUT2D eigenvalue weighted by molar-refractivity contribution is 0.194. The van der Waals surface area contributed by atoms with E-state index in [2.05, 4.69) is 15.2 Å². The van der Waals surface area contributed by atoms with Crippen molar-refractivity contribution in [2.45, 2.75) is 23.1 Å². The van der Waals surface area contributed by atoms with Gasteiger partial charge in [-0.1, -0.05) is 0 Å². The van der Waals surface area contributed by atoms with Crippen LogP contribution in [0, 0.1) is 0 Å². The summed E-state index contributed by atoms with van der Waals surface area (Å²) in [6.45, 7) is 1.69. The van der Waals surface area contributed by atoms with Gasteiger partial charge >= 0.3 is 0 Å². The summed E-state index contributed by atoms with van der Waals surface area (Å²) in [7, 11) is 1.89. The zero-order valence-corrected chi connectivity index (χ0v) is 9.85. The fraction of sp³-hybridized carbons (Fsp3) is 0.300. The van der Waals surface area contributed by atoms with Crippen molar-refractivity contribution in [3.63, 3.8) is 0 Å². The van der Waals surface area contributed by atoms with Crippen molar-refractivity contribution >= 4 is 11.8 Å². The Kier molecular flexibility index (Phi) is 3.21. The molecule has 0 aliphatic carbocycles. The van der Waals surface area contributed by atoms with Gasteiger partial charge in [-0.3, -0.25) is 4.98 Å². The topological polar surface area (TPSA) is 63.8 Å². The van der Waals surface area contributed by atoms with Crippen LogP contribution in [-0.2, 0) is 7.05 Å². The van der Waals surface area contributed by atoms with Crippen molar-refractivity contribution in [3.05, 3.63) is 30.4 Å². The van der Waals surface area contributed by atoms with E-state index in [9.17, 15) is 5.11 Å². The fourth-order valence-corrected chi connectivity index (χ4v) is 1.90. The molecule has 0 aliphatic heterocycles. The van der Waals surface area contributed by atoms with Crippen LogP contribution in [0.4, 0.5) is 0 Å². The Bertz CT molecular complexity index is 466. The summed E-state index contributed by atoms with van der Waals surface area (Å²) in [4.78, 5) is 5.13. The van der Waals surface area contributed by atoms with Crippen molar-refractivity contribution in [3.8, 4) is 0 Å². The zero-order valence-electron chi connectivity index (χ0n) is 9.03. The van der Waals surface area contributed by atoms with Gasteiger partial charge < -0.3 is 9.67 Å². The lowest BCUT2D eigenvalue weighted by Gasteiger charge is -2.04. The predicted molar refractivity (Wildman–Crippen MR) is 60.0 cm³/mol. The van der Waals surface area contributed by atoms with Crippen LogP contribution in [0.15, 0.2) is 34.7 Å².